The lowest BCUT2D eigenvalue weighted by Gasteiger charge is -2.10. The molecule has 0 saturated carbocycles. The molecule has 2 rings (SSSR count). The number of hydrazine groups is 1. The van der Waals surface area contributed by atoms with Crippen molar-refractivity contribution >= 4 is 27.7 Å². The minimum Gasteiger partial charge on any atom is -0.484 e. The molecule has 7 heteroatoms. The van der Waals surface area contributed by atoms with E-state index in [-0.39, 0.29) is 12.2 Å². The van der Waals surface area contributed by atoms with Crippen molar-refractivity contribution in [3.63, 3.8) is 0 Å². The first kappa shape index (κ1) is 17.9. The van der Waals surface area contributed by atoms with Gasteiger partial charge >= 0.3 is 0 Å². The van der Waals surface area contributed by atoms with Crippen molar-refractivity contribution in [1.29, 1.82) is 0 Å². The van der Waals surface area contributed by atoms with Crippen molar-refractivity contribution in [3.05, 3.63) is 63.9 Å². The van der Waals surface area contributed by atoms with Crippen LogP contribution in [-0.2, 0) is 11.2 Å². The van der Waals surface area contributed by atoms with Crippen LogP contribution >= 0.6 is 15.9 Å². The molecule has 0 saturated heterocycles. The number of amides is 2. The zero-order chi connectivity index (χ0) is 17.5. The summed E-state index contributed by atoms with van der Waals surface area (Å²) >= 11 is 3.15. The van der Waals surface area contributed by atoms with Gasteiger partial charge in [-0.3, -0.25) is 20.4 Å². The second kappa shape index (κ2) is 8.44. The number of carbonyl (C=O) groups excluding carboxylic acids is 2. The Morgan fingerprint density at radius 2 is 1.83 bits per heavy atom. The van der Waals surface area contributed by atoms with Crippen LogP contribution in [0.5, 0.6) is 5.75 Å². The summed E-state index contributed by atoms with van der Waals surface area (Å²) < 4.78 is 18.9. The Balaban J connectivity index is 1.82. The normalized spacial score (nSPS) is 10.1. The number of nitrogens with one attached hydrogen (secondary N) is 2. The fourth-order valence-electron chi connectivity index (χ4n) is 1.87. The number of halogens is 2. The predicted octanol–water partition coefficient (Wildman–Crippen LogP) is 2.99. The highest BCUT2D eigenvalue weighted by molar-refractivity contribution is 9.10. The Kier molecular flexibility index (Phi) is 6.31. The van der Waals surface area contributed by atoms with E-state index in [4.69, 9.17) is 4.74 Å². The summed E-state index contributed by atoms with van der Waals surface area (Å²) in [6, 6.07) is 11.1. The van der Waals surface area contributed by atoms with E-state index in [1.165, 1.54) is 17.7 Å². The van der Waals surface area contributed by atoms with Gasteiger partial charge in [-0.05, 0) is 58.2 Å². The molecule has 2 aromatic carbocycles. The summed E-state index contributed by atoms with van der Waals surface area (Å²) in [5.41, 5.74) is 5.66. The van der Waals surface area contributed by atoms with Gasteiger partial charge in [0, 0.05) is 4.47 Å². The van der Waals surface area contributed by atoms with E-state index >= 15 is 0 Å². The van der Waals surface area contributed by atoms with Crippen LogP contribution in [0.2, 0.25) is 0 Å². The van der Waals surface area contributed by atoms with E-state index in [2.05, 4.69) is 26.8 Å². The van der Waals surface area contributed by atoms with Crippen molar-refractivity contribution in [2.75, 3.05) is 6.61 Å². The van der Waals surface area contributed by atoms with Gasteiger partial charge in [-0.1, -0.05) is 19.1 Å². The molecule has 0 atom stereocenters. The van der Waals surface area contributed by atoms with E-state index in [0.717, 1.165) is 12.5 Å². The molecule has 0 bridgehead atoms. The van der Waals surface area contributed by atoms with Crippen LogP contribution in [0, 0.1) is 5.82 Å². The molecule has 0 unspecified atom stereocenters. The van der Waals surface area contributed by atoms with Gasteiger partial charge in [0.05, 0.1) is 5.56 Å². The smallest absolute Gasteiger partial charge is 0.276 e. The quantitative estimate of drug-likeness (QED) is 0.765. The van der Waals surface area contributed by atoms with Gasteiger partial charge < -0.3 is 4.74 Å². The lowest BCUT2D eigenvalue weighted by Crippen LogP contribution is -2.44. The van der Waals surface area contributed by atoms with Gasteiger partial charge in [0.2, 0.25) is 0 Å². The third kappa shape index (κ3) is 5.06. The maximum Gasteiger partial charge on any atom is 0.276 e. The van der Waals surface area contributed by atoms with E-state index in [1.807, 2.05) is 19.1 Å². The number of hydrogen-bond acceptors (Lipinski definition) is 3. The van der Waals surface area contributed by atoms with Crippen LogP contribution < -0.4 is 15.6 Å². The largest absolute Gasteiger partial charge is 0.484 e. The molecule has 2 aromatic rings. The van der Waals surface area contributed by atoms with Crippen LogP contribution in [-0.4, -0.2) is 18.4 Å². The summed E-state index contributed by atoms with van der Waals surface area (Å²) in [6.45, 7) is 1.79. The second-order valence-electron chi connectivity index (χ2n) is 4.91. The summed E-state index contributed by atoms with van der Waals surface area (Å²) in [4.78, 5) is 23.6. The van der Waals surface area contributed by atoms with E-state index in [0.29, 0.717) is 10.2 Å². The maximum absolute atomic E-state index is 13.2. The zero-order valence-corrected chi connectivity index (χ0v) is 14.5. The molecule has 0 aliphatic rings. The maximum atomic E-state index is 13.2. The SMILES string of the molecule is CCc1ccc(OCC(=O)NNC(=O)c2cc(F)ccc2Br)cc1. The molecule has 0 aliphatic carbocycles. The second-order valence-corrected chi connectivity index (χ2v) is 5.77. The fraction of sp³-hybridized carbons (Fsp3) is 0.176. The molecular weight excluding hydrogens is 379 g/mol. The standard InChI is InChI=1S/C17H16BrFN2O3/c1-2-11-3-6-13(7-4-11)24-10-16(22)20-21-17(23)14-9-12(19)5-8-15(14)18/h3-9H,2,10H2,1H3,(H,20,22)(H,21,23). The number of carbonyl (C=O) groups is 2. The van der Waals surface area contributed by atoms with Gasteiger partial charge in [-0.2, -0.15) is 0 Å². The minimum absolute atomic E-state index is 0.0753. The van der Waals surface area contributed by atoms with Gasteiger partial charge in [0.1, 0.15) is 11.6 Å². The highest BCUT2D eigenvalue weighted by Crippen LogP contribution is 2.17. The summed E-state index contributed by atoms with van der Waals surface area (Å²) in [6.07, 6.45) is 0.919. The van der Waals surface area contributed by atoms with E-state index in [1.54, 1.807) is 12.1 Å². The molecule has 0 aromatic heterocycles. The topological polar surface area (TPSA) is 67.4 Å². The van der Waals surface area contributed by atoms with Crippen LogP contribution in [0.1, 0.15) is 22.8 Å². The van der Waals surface area contributed by atoms with Crippen LogP contribution in [0.3, 0.4) is 0 Å². The fourth-order valence-corrected chi connectivity index (χ4v) is 2.30. The monoisotopic (exact) mass is 394 g/mol. The zero-order valence-electron chi connectivity index (χ0n) is 12.9. The Bertz CT molecular complexity index is 735. The van der Waals surface area contributed by atoms with Crippen molar-refractivity contribution in [1.82, 2.24) is 10.9 Å². The summed E-state index contributed by atoms with van der Waals surface area (Å²) in [5, 5.41) is 0. The molecular formula is C17H16BrFN2O3. The third-order valence-corrected chi connectivity index (χ3v) is 3.88. The molecule has 24 heavy (non-hydrogen) atoms. The Hall–Kier alpha value is -2.41. The molecule has 0 heterocycles. The lowest BCUT2D eigenvalue weighted by atomic mass is 10.2. The van der Waals surface area contributed by atoms with E-state index in [9.17, 15) is 14.0 Å². The lowest BCUT2D eigenvalue weighted by molar-refractivity contribution is -0.123. The Labute approximate surface area is 147 Å². The molecule has 2 N–H and O–H groups in total. The summed E-state index contributed by atoms with van der Waals surface area (Å²) in [7, 11) is 0. The highest BCUT2D eigenvalue weighted by Gasteiger charge is 2.12. The van der Waals surface area contributed by atoms with Gasteiger partial charge in [0.25, 0.3) is 11.8 Å². The number of aryl methyl sites for hydroxylation is 1. The Morgan fingerprint density at radius 1 is 1.12 bits per heavy atom. The number of rotatable bonds is 5. The van der Waals surface area contributed by atoms with Gasteiger partial charge in [-0.15, -0.1) is 0 Å². The average molecular weight is 395 g/mol. The first-order chi connectivity index (χ1) is 11.5. The number of hydrogen-bond donors (Lipinski definition) is 2. The third-order valence-electron chi connectivity index (χ3n) is 3.19. The number of ether oxygens (including phenoxy) is 1. The minimum atomic E-state index is -0.637. The molecule has 2 amide bonds. The van der Waals surface area contributed by atoms with Crippen LogP contribution in [0.4, 0.5) is 4.39 Å². The van der Waals surface area contributed by atoms with E-state index < -0.39 is 17.6 Å². The van der Waals surface area contributed by atoms with Crippen molar-refractivity contribution in [2.45, 2.75) is 13.3 Å². The predicted molar refractivity (Wildman–Crippen MR) is 91.0 cm³/mol. The van der Waals surface area contributed by atoms with Crippen molar-refractivity contribution < 1.29 is 18.7 Å². The van der Waals surface area contributed by atoms with Gasteiger partial charge in [-0.25, -0.2) is 4.39 Å². The molecule has 5 nitrogen and oxygen atoms in total. The Morgan fingerprint density at radius 3 is 2.50 bits per heavy atom. The first-order valence-electron chi connectivity index (χ1n) is 7.25. The molecule has 0 aliphatic heterocycles. The van der Waals surface area contributed by atoms with Crippen molar-refractivity contribution in [2.24, 2.45) is 0 Å². The summed E-state index contributed by atoms with van der Waals surface area (Å²) in [5.74, 6) is -1.16. The molecule has 0 spiro atoms. The van der Waals surface area contributed by atoms with Crippen molar-refractivity contribution in [3.8, 4) is 5.75 Å². The molecule has 0 fully saturated rings. The highest BCUT2D eigenvalue weighted by atomic mass is 79.9. The van der Waals surface area contributed by atoms with Gasteiger partial charge in [0.15, 0.2) is 6.61 Å². The molecule has 126 valence electrons. The van der Waals surface area contributed by atoms with Crippen LogP contribution in [0.15, 0.2) is 46.9 Å². The number of benzene rings is 2. The molecule has 0 radical (unpaired) electrons. The average Bonchev–Trinajstić information content (AvgIpc) is 2.60. The van der Waals surface area contributed by atoms with Crippen LogP contribution in [0.25, 0.3) is 0 Å². The first-order valence-corrected chi connectivity index (χ1v) is 8.05.